The van der Waals surface area contributed by atoms with Crippen LogP contribution in [0.15, 0.2) is 12.4 Å². The van der Waals surface area contributed by atoms with E-state index in [-0.39, 0.29) is 0 Å². The number of rotatable bonds is 2. The molecule has 1 rings (SSSR count). The van der Waals surface area contributed by atoms with Crippen molar-refractivity contribution in [3.63, 3.8) is 0 Å². The maximum atomic E-state index is 5.55. The second kappa shape index (κ2) is 3.49. The number of hydrogen-bond acceptors (Lipinski definition) is 3. The smallest absolute Gasteiger partial charge is 0.153 e. The van der Waals surface area contributed by atoms with E-state index >= 15 is 0 Å². The summed E-state index contributed by atoms with van der Waals surface area (Å²) >= 11 is 5.55. The summed E-state index contributed by atoms with van der Waals surface area (Å²) < 4.78 is 4.80. The molecular formula is C6H7ClN2O. The lowest BCUT2D eigenvalue weighted by Gasteiger charge is -1.95. The Morgan fingerprint density at radius 1 is 1.50 bits per heavy atom. The molecule has 1 aromatic heterocycles. The average molecular weight is 159 g/mol. The van der Waals surface area contributed by atoms with Gasteiger partial charge in [-0.25, -0.2) is 9.97 Å². The van der Waals surface area contributed by atoms with Crippen LogP contribution in [-0.2, 0) is 11.3 Å². The maximum Gasteiger partial charge on any atom is 0.153 e. The molecule has 1 heterocycles. The van der Waals surface area contributed by atoms with E-state index in [1.807, 2.05) is 0 Å². The van der Waals surface area contributed by atoms with Gasteiger partial charge in [0, 0.05) is 19.5 Å². The fourth-order valence-electron chi connectivity index (χ4n) is 0.543. The highest BCUT2D eigenvalue weighted by molar-refractivity contribution is 6.30. The summed E-state index contributed by atoms with van der Waals surface area (Å²) in [5.74, 6) is 0.645. The Morgan fingerprint density at radius 2 is 2.10 bits per heavy atom. The molecule has 0 aliphatic heterocycles. The van der Waals surface area contributed by atoms with Crippen LogP contribution in [-0.4, -0.2) is 17.1 Å². The third-order valence-electron chi connectivity index (χ3n) is 0.947. The molecule has 0 bridgehead atoms. The minimum absolute atomic E-state index is 0.428. The van der Waals surface area contributed by atoms with Gasteiger partial charge in [-0.05, 0) is 0 Å². The highest BCUT2D eigenvalue weighted by Crippen LogP contribution is 2.02. The largest absolute Gasteiger partial charge is 0.377 e. The van der Waals surface area contributed by atoms with E-state index in [4.69, 9.17) is 16.3 Å². The van der Waals surface area contributed by atoms with Crippen molar-refractivity contribution >= 4 is 11.6 Å². The van der Waals surface area contributed by atoms with Crippen LogP contribution in [0, 0.1) is 0 Å². The summed E-state index contributed by atoms with van der Waals surface area (Å²) in [6.45, 7) is 0.428. The van der Waals surface area contributed by atoms with Crippen molar-refractivity contribution in [1.29, 1.82) is 0 Å². The number of halogens is 1. The summed E-state index contributed by atoms with van der Waals surface area (Å²) in [6, 6.07) is 0. The molecule has 1 aromatic rings. The normalized spacial score (nSPS) is 9.80. The number of hydrogen-bond donors (Lipinski definition) is 0. The van der Waals surface area contributed by atoms with Gasteiger partial charge in [0.2, 0.25) is 0 Å². The lowest BCUT2D eigenvalue weighted by molar-refractivity contribution is 0.177. The van der Waals surface area contributed by atoms with E-state index in [1.54, 1.807) is 19.5 Å². The van der Waals surface area contributed by atoms with Gasteiger partial charge in [-0.15, -0.1) is 0 Å². The van der Waals surface area contributed by atoms with Gasteiger partial charge in [0.25, 0.3) is 0 Å². The zero-order valence-corrected chi connectivity index (χ0v) is 6.30. The zero-order valence-electron chi connectivity index (χ0n) is 5.54. The molecule has 10 heavy (non-hydrogen) atoms. The van der Waals surface area contributed by atoms with Gasteiger partial charge in [0.15, 0.2) is 5.82 Å². The Labute approximate surface area is 64.0 Å². The molecule has 0 aliphatic carbocycles. The second-order valence-corrected chi connectivity index (χ2v) is 2.19. The van der Waals surface area contributed by atoms with E-state index in [9.17, 15) is 0 Å². The summed E-state index contributed by atoms with van der Waals surface area (Å²) in [5, 5.41) is 0.542. The molecule has 54 valence electrons. The van der Waals surface area contributed by atoms with Gasteiger partial charge >= 0.3 is 0 Å². The second-order valence-electron chi connectivity index (χ2n) is 1.75. The van der Waals surface area contributed by atoms with Crippen LogP contribution in [0.1, 0.15) is 5.82 Å². The highest BCUT2D eigenvalue weighted by Gasteiger charge is 1.92. The van der Waals surface area contributed by atoms with Crippen molar-refractivity contribution in [3.8, 4) is 0 Å². The van der Waals surface area contributed by atoms with Gasteiger partial charge in [-0.1, -0.05) is 11.6 Å². The van der Waals surface area contributed by atoms with E-state index in [0.717, 1.165) is 0 Å². The molecule has 0 amide bonds. The van der Waals surface area contributed by atoms with E-state index in [0.29, 0.717) is 17.5 Å². The van der Waals surface area contributed by atoms with Crippen molar-refractivity contribution in [2.75, 3.05) is 7.11 Å². The van der Waals surface area contributed by atoms with Gasteiger partial charge in [-0.2, -0.15) is 0 Å². The van der Waals surface area contributed by atoms with Crippen LogP contribution in [0.4, 0.5) is 0 Å². The lowest BCUT2D eigenvalue weighted by atomic mass is 10.6. The van der Waals surface area contributed by atoms with Gasteiger partial charge in [-0.3, -0.25) is 0 Å². The molecule has 0 saturated heterocycles. The van der Waals surface area contributed by atoms with Crippen LogP contribution in [0.2, 0.25) is 5.02 Å². The van der Waals surface area contributed by atoms with Gasteiger partial charge in [0.05, 0.1) is 5.02 Å². The quantitative estimate of drug-likeness (QED) is 0.651. The van der Waals surface area contributed by atoms with E-state index in [2.05, 4.69) is 9.97 Å². The standard InChI is InChI=1S/C6H7ClN2O/c1-10-4-6-8-2-5(7)3-9-6/h2-3H,4H2,1H3. The Morgan fingerprint density at radius 3 is 2.60 bits per heavy atom. The third kappa shape index (κ3) is 1.93. The molecule has 3 nitrogen and oxygen atoms in total. The molecule has 0 aromatic carbocycles. The van der Waals surface area contributed by atoms with Crippen LogP contribution in [0.25, 0.3) is 0 Å². The van der Waals surface area contributed by atoms with Crippen LogP contribution >= 0.6 is 11.6 Å². The van der Waals surface area contributed by atoms with Crippen molar-refractivity contribution in [3.05, 3.63) is 23.2 Å². The molecule has 4 heteroatoms. The molecule has 0 N–H and O–H groups in total. The summed E-state index contributed by atoms with van der Waals surface area (Å²) in [5.41, 5.74) is 0. The molecule has 0 atom stereocenters. The molecule has 0 unspecified atom stereocenters. The van der Waals surface area contributed by atoms with Crippen LogP contribution in [0.5, 0.6) is 0 Å². The molecule has 0 radical (unpaired) electrons. The summed E-state index contributed by atoms with van der Waals surface area (Å²) in [6.07, 6.45) is 3.09. The Balaban J connectivity index is 2.69. The van der Waals surface area contributed by atoms with Gasteiger partial charge < -0.3 is 4.74 Å². The van der Waals surface area contributed by atoms with Gasteiger partial charge in [0.1, 0.15) is 6.61 Å². The van der Waals surface area contributed by atoms with Crippen LogP contribution in [0.3, 0.4) is 0 Å². The fraction of sp³-hybridized carbons (Fsp3) is 0.333. The highest BCUT2D eigenvalue weighted by atomic mass is 35.5. The minimum Gasteiger partial charge on any atom is -0.377 e. The first kappa shape index (κ1) is 7.44. The average Bonchev–Trinajstić information content (AvgIpc) is 1.95. The first-order valence-corrected chi connectivity index (χ1v) is 3.16. The first-order valence-electron chi connectivity index (χ1n) is 2.78. The van der Waals surface area contributed by atoms with Crippen LogP contribution < -0.4 is 0 Å². The number of nitrogens with zero attached hydrogens (tertiary/aromatic N) is 2. The number of aromatic nitrogens is 2. The predicted octanol–water partition coefficient (Wildman–Crippen LogP) is 1.28. The number of ether oxygens (including phenoxy) is 1. The topological polar surface area (TPSA) is 35.0 Å². The Kier molecular flexibility index (Phi) is 2.59. The first-order chi connectivity index (χ1) is 4.83. The van der Waals surface area contributed by atoms with E-state index in [1.165, 1.54) is 0 Å². The van der Waals surface area contributed by atoms with E-state index < -0.39 is 0 Å². The monoisotopic (exact) mass is 158 g/mol. The molecule has 0 spiro atoms. The number of methoxy groups -OCH3 is 1. The zero-order chi connectivity index (χ0) is 7.40. The third-order valence-corrected chi connectivity index (χ3v) is 1.14. The lowest BCUT2D eigenvalue weighted by Crippen LogP contribution is -1.94. The van der Waals surface area contributed by atoms with Crippen molar-refractivity contribution < 1.29 is 4.74 Å². The van der Waals surface area contributed by atoms with Crippen molar-refractivity contribution in [2.24, 2.45) is 0 Å². The summed E-state index contributed by atoms with van der Waals surface area (Å²) in [7, 11) is 1.60. The fourth-order valence-corrected chi connectivity index (χ4v) is 0.640. The molecule has 0 fully saturated rings. The molecule has 0 saturated carbocycles. The van der Waals surface area contributed by atoms with Crippen molar-refractivity contribution in [1.82, 2.24) is 9.97 Å². The Hall–Kier alpha value is -0.670. The minimum atomic E-state index is 0.428. The molecular weight excluding hydrogens is 152 g/mol. The SMILES string of the molecule is COCc1ncc(Cl)cn1. The Bertz CT molecular complexity index is 199. The summed E-state index contributed by atoms with van der Waals surface area (Å²) in [4.78, 5) is 7.80. The predicted molar refractivity (Wildman–Crippen MR) is 37.8 cm³/mol. The van der Waals surface area contributed by atoms with Crippen molar-refractivity contribution in [2.45, 2.75) is 6.61 Å². The maximum absolute atomic E-state index is 5.55. The molecule has 0 aliphatic rings.